The van der Waals surface area contributed by atoms with E-state index < -0.39 is 0 Å². The van der Waals surface area contributed by atoms with Crippen molar-refractivity contribution in [3.05, 3.63) is 185 Å². The Hall–Kier alpha value is -7.72. The Balaban J connectivity index is 0.000000225. The van der Waals surface area contributed by atoms with Gasteiger partial charge in [-0.25, -0.2) is 29.9 Å². The van der Waals surface area contributed by atoms with Gasteiger partial charge in [0.05, 0.1) is 138 Å². The number of rotatable bonds is 40. The summed E-state index contributed by atoms with van der Waals surface area (Å²) in [5.41, 5.74) is 7.21. The highest BCUT2D eigenvalue weighted by Crippen LogP contribution is 2.34. The molecule has 7 heterocycles. The van der Waals surface area contributed by atoms with Crippen LogP contribution in [0.15, 0.2) is 119 Å². The van der Waals surface area contributed by atoms with Crippen LogP contribution in [0.25, 0.3) is 0 Å². The van der Waals surface area contributed by atoms with Crippen LogP contribution in [0.5, 0.6) is 0 Å². The van der Waals surface area contributed by atoms with Crippen molar-refractivity contribution in [2.45, 2.75) is 119 Å². The Morgan fingerprint density at radius 3 is 1.45 bits per heavy atom. The number of aromatic nitrogens is 6. The van der Waals surface area contributed by atoms with Crippen molar-refractivity contribution in [2.75, 3.05) is 165 Å². The summed E-state index contributed by atoms with van der Waals surface area (Å²) in [5.74, 6) is 2.50. The third-order valence-corrected chi connectivity index (χ3v) is 24.6. The van der Waals surface area contributed by atoms with E-state index in [2.05, 4.69) is 79.8 Å². The van der Waals surface area contributed by atoms with Crippen molar-refractivity contribution < 1.29 is 57.2 Å². The summed E-state index contributed by atoms with van der Waals surface area (Å²) < 4.78 is 34.6. The van der Waals surface area contributed by atoms with Crippen LogP contribution in [0.2, 0.25) is 10.0 Å². The molecule has 3 aliphatic heterocycles. The number of imide groups is 1. The minimum absolute atomic E-state index is 0.0525. The molecule has 4 aromatic heterocycles. The molecule has 0 bridgehead atoms. The maximum atomic E-state index is 12.9. The smallest absolute Gasteiger partial charge is 0.267 e. The first-order valence-electron chi connectivity index (χ1n) is 38.9. The van der Waals surface area contributed by atoms with Crippen LogP contribution in [0.1, 0.15) is 120 Å². The summed E-state index contributed by atoms with van der Waals surface area (Å²) in [6.07, 6.45) is 10.1. The van der Waals surface area contributed by atoms with Crippen molar-refractivity contribution in [1.82, 2.24) is 45.0 Å². The molecule has 2 atom stereocenters. The number of ether oxygens (including phenoxy) is 6. The number of piperazine rings is 2. The number of halogens is 2. The van der Waals surface area contributed by atoms with Crippen LogP contribution >= 0.6 is 69.4 Å². The molecule has 0 spiro atoms. The summed E-state index contributed by atoms with van der Waals surface area (Å²) in [6.45, 7) is 23.4. The van der Waals surface area contributed by atoms with E-state index in [1.807, 2.05) is 88.4 Å². The van der Waals surface area contributed by atoms with E-state index in [9.17, 15) is 28.8 Å². The molecule has 4 aliphatic rings. The first kappa shape index (κ1) is 87.1. The summed E-state index contributed by atoms with van der Waals surface area (Å²) in [6, 6.07) is 31.7. The number of ketones is 2. The average Bonchev–Trinajstić information content (AvgIpc) is 1.82. The highest BCUT2D eigenvalue weighted by atomic mass is 35.5. The Labute approximate surface area is 693 Å². The van der Waals surface area contributed by atoms with Gasteiger partial charge >= 0.3 is 0 Å². The zero-order valence-electron chi connectivity index (χ0n) is 65.1. The lowest BCUT2D eigenvalue weighted by Gasteiger charge is -2.35. The van der Waals surface area contributed by atoms with E-state index in [1.165, 1.54) is 45.6 Å². The molecule has 12 rings (SSSR count). The van der Waals surface area contributed by atoms with Gasteiger partial charge in [0.15, 0.2) is 5.78 Å². The lowest BCUT2D eigenvalue weighted by molar-refractivity contribution is -0.133. The standard InChI is InChI=1S/C42H51ClN6O6S2.C41H50ClN7O6S2/c1-29-6-3-10-35(43)41(29)47-42(52)38-28-44-40(57-38)26-32-25-39(46-30(2)45-32)49-15-13-48(14-16-49)17-19-54-21-23-55-22-20-53-18-5-8-31-7-4-9-34(24-31)56-37-12-11-33(50)27-36(37)51;1-28-5-3-7-33(42)39(28)47-41(52)35-27-43-38(57-35)26-31-25-36(45-29(2)44-31)49-16-14-48(15-17-49)18-20-54-22-24-55-23-21-53-19-4-6-30-8-10-32(11-9-30)56-34-12-13-37(50)46-40(34)51/h3-4,6-7,9-10,24-25,28,37H,5,8,11-23,26-27H2,1-2H3,(H,47,52);3,5,7-11,25,27,34H,4,6,12-24,26H2,1-2H3,(H,47,52)(H,46,50,51). The highest BCUT2D eigenvalue weighted by Gasteiger charge is 2.30. The van der Waals surface area contributed by atoms with Crippen LogP contribution < -0.4 is 25.8 Å². The molecule has 114 heavy (non-hydrogen) atoms. The molecule has 1 saturated carbocycles. The number of nitrogens with zero attached hydrogens (tertiary/aromatic N) is 10. The molecule has 4 fully saturated rings. The first-order chi connectivity index (χ1) is 55.4. The largest absolute Gasteiger partial charge is 0.379 e. The fourth-order valence-electron chi connectivity index (χ4n) is 13.2. The van der Waals surface area contributed by atoms with Gasteiger partial charge in [-0.3, -0.25) is 43.9 Å². The number of aryl methyl sites for hydroxylation is 6. The van der Waals surface area contributed by atoms with Gasteiger partial charge in [0.2, 0.25) is 11.8 Å². The van der Waals surface area contributed by atoms with Gasteiger partial charge in [-0.05, 0) is 125 Å². The Kier molecular flexibility index (Phi) is 34.9. The number of Topliss-reactive ketones (excluding diaryl/α,β-unsaturated/α-hetero) is 2. The van der Waals surface area contributed by atoms with E-state index in [0.717, 1.165) is 145 Å². The van der Waals surface area contributed by atoms with Crippen LogP contribution in [-0.2, 0) is 73.3 Å². The monoisotopic (exact) mass is 1670 g/mol. The van der Waals surface area contributed by atoms with Crippen molar-refractivity contribution in [3.8, 4) is 0 Å². The number of hydrogen-bond donors (Lipinski definition) is 3. The predicted molar refractivity (Wildman–Crippen MR) is 449 cm³/mol. The molecule has 4 amide bonds. The third kappa shape index (κ3) is 28.3. The number of nitrogens with one attached hydrogen (secondary N) is 3. The molecule has 8 aromatic rings. The lowest BCUT2D eigenvalue weighted by atomic mass is 9.98. The molecule has 3 saturated heterocycles. The fourth-order valence-corrected chi connectivity index (χ4v) is 17.6. The number of carbonyl (C=O) groups is 6. The Morgan fingerprint density at radius 2 is 0.965 bits per heavy atom. The first-order valence-corrected chi connectivity index (χ1v) is 43.1. The number of hydrogen-bond acceptors (Lipinski definition) is 26. The van der Waals surface area contributed by atoms with E-state index in [1.54, 1.807) is 36.3 Å². The van der Waals surface area contributed by atoms with Crippen molar-refractivity contribution >= 4 is 128 Å². The number of thioether (sulfide) groups is 2. The second-order valence-electron chi connectivity index (χ2n) is 28.1. The summed E-state index contributed by atoms with van der Waals surface area (Å²) in [7, 11) is 0. The zero-order valence-corrected chi connectivity index (χ0v) is 69.9. The SMILES string of the molecule is Cc1nc(Cc2ncc(C(=O)Nc3c(C)cccc3Cl)s2)cc(N2CCN(CCOCCOCCOCCCc3ccc(SC4CCC(=O)NC4=O)cc3)CC2)n1.Cc1nc(Cc2ncc(C(=O)Nc3c(C)cccc3Cl)s2)cc(N2CCN(CCOCCOCCOCCCc3cccc(SC4CCC(=O)CC4=O)c3)CC2)n1. The van der Waals surface area contributed by atoms with Gasteiger partial charge in [-0.1, -0.05) is 71.7 Å². The van der Waals surface area contributed by atoms with E-state index in [4.69, 9.17) is 61.6 Å². The van der Waals surface area contributed by atoms with E-state index >= 15 is 0 Å². The molecule has 25 nitrogen and oxygen atoms in total. The molecular formula is C83H101Cl2N13O12S4. The molecule has 4 aromatic carbocycles. The molecule has 1 aliphatic carbocycles. The van der Waals surface area contributed by atoms with Crippen LogP contribution in [0.3, 0.4) is 0 Å². The number of anilines is 4. The topological polar surface area (TPSA) is 284 Å². The summed E-state index contributed by atoms with van der Waals surface area (Å²) in [5, 5.41) is 10.5. The number of piperidine rings is 1. The number of benzene rings is 4. The molecule has 608 valence electrons. The quantitative estimate of drug-likeness (QED) is 0.0183. The van der Waals surface area contributed by atoms with Gasteiger partial charge in [0, 0.05) is 126 Å². The summed E-state index contributed by atoms with van der Waals surface area (Å²) >= 11 is 18.4. The van der Waals surface area contributed by atoms with Crippen LogP contribution in [0.4, 0.5) is 23.0 Å². The van der Waals surface area contributed by atoms with Gasteiger partial charge in [-0.2, -0.15) is 0 Å². The Morgan fingerprint density at radius 1 is 0.509 bits per heavy atom. The molecular weight excluding hydrogens is 1570 g/mol. The molecule has 3 N–H and O–H groups in total. The zero-order chi connectivity index (χ0) is 80.0. The maximum Gasteiger partial charge on any atom is 0.267 e. The second kappa shape index (κ2) is 45.7. The van der Waals surface area contributed by atoms with Gasteiger partial charge in [-0.15, -0.1) is 46.2 Å². The molecule has 31 heteroatoms. The minimum Gasteiger partial charge on any atom is -0.379 e. The van der Waals surface area contributed by atoms with Crippen molar-refractivity contribution in [3.63, 3.8) is 0 Å². The fraction of sp³-hybridized carbons (Fsp3) is 0.470. The number of thiazole rings is 2. The molecule has 0 radical (unpaired) electrons. The molecule has 2 unspecified atom stereocenters. The number of amides is 4. The van der Waals surface area contributed by atoms with E-state index in [0.29, 0.717) is 161 Å². The van der Waals surface area contributed by atoms with E-state index in [-0.39, 0.29) is 52.1 Å². The minimum atomic E-state index is -0.234. The van der Waals surface area contributed by atoms with Gasteiger partial charge in [0.25, 0.3) is 11.8 Å². The summed E-state index contributed by atoms with van der Waals surface area (Å²) in [4.78, 5) is 113. The normalized spacial score (nSPS) is 16.3. The highest BCUT2D eigenvalue weighted by molar-refractivity contribution is 8.01. The van der Waals surface area contributed by atoms with Gasteiger partial charge < -0.3 is 48.9 Å². The third-order valence-electron chi connectivity index (χ3n) is 19.4. The lowest BCUT2D eigenvalue weighted by Crippen LogP contribution is -2.47. The number of carbonyl (C=O) groups excluding carboxylic acids is 6. The van der Waals surface area contributed by atoms with Crippen LogP contribution in [-0.4, -0.2) is 230 Å². The average molecular weight is 1670 g/mol. The Bertz CT molecular complexity index is 4450. The van der Waals surface area contributed by atoms with Gasteiger partial charge in [0.1, 0.15) is 38.8 Å². The van der Waals surface area contributed by atoms with Crippen LogP contribution in [0, 0.1) is 27.7 Å². The number of para-hydroxylation sites is 2. The second-order valence-corrected chi connectivity index (χ2v) is 33.7. The van der Waals surface area contributed by atoms with Crippen molar-refractivity contribution in [1.29, 1.82) is 0 Å². The maximum absolute atomic E-state index is 12.9. The predicted octanol–water partition coefficient (Wildman–Crippen LogP) is 12.4. The van der Waals surface area contributed by atoms with Crippen molar-refractivity contribution in [2.24, 2.45) is 0 Å².